The Labute approximate surface area is 110 Å². The molecule has 0 amide bonds. The second kappa shape index (κ2) is 5.46. The van der Waals surface area contributed by atoms with E-state index in [0.717, 1.165) is 12.5 Å². The Bertz CT molecular complexity index is 434. The molecule has 19 heavy (non-hydrogen) atoms. The van der Waals surface area contributed by atoms with Gasteiger partial charge < -0.3 is 5.11 Å². The quantitative estimate of drug-likeness (QED) is 0.919. The van der Waals surface area contributed by atoms with Crippen molar-refractivity contribution in [2.75, 3.05) is 13.1 Å². The highest BCUT2D eigenvalue weighted by Gasteiger charge is 2.35. The van der Waals surface area contributed by atoms with Crippen LogP contribution in [0.25, 0.3) is 0 Å². The highest BCUT2D eigenvalue weighted by Crippen LogP contribution is 2.32. The zero-order chi connectivity index (χ0) is 14.0. The predicted molar refractivity (Wildman–Crippen MR) is 64.3 cm³/mol. The van der Waals surface area contributed by atoms with Gasteiger partial charge in [-0.05, 0) is 37.9 Å². The summed E-state index contributed by atoms with van der Waals surface area (Å²) in [5.74, 6) is 0.137. The summed E-state index contributed by atoms with van der Waals surface area (Å²) in [7, 11) is 0. The van der Waals surface area contributed by atoms with Crippen molar-refractivity contribution in [3.8, 4) is 0 Å². The first kappa shape index (κ1) is 14.3. The standard InChI is InChI=1S/C13H17F3N2O/c1-9(19)10-4-6-18(7-10)8-12-11(13(14,15)16)3-2-5-17-12/h2-3,5,9-10,19H,4,6-8H2,1H3. The number of aliphatic hydroxyl groups excluding tert-OH is 1. The molecule has 1 fully saturated rings. The summed E-state index contributed by atoms with van der Waals surface area (Å²) in [6.45, 7) is 3.21. The van der Waals surface area contributed by atoms with Gasteiger partial charge in [0, 0.05) is 19.3 Å². The molecule has 1 aromatic rings. The van der Waals surface area contributed by atoms with Crippen molar-refractivity contribution in [3.63, 3.8) is 0 Å². The first-order valence-electron chi connectivity index (χ1n) is 6.29. The molecule has 6 heteroatoms. The van der Waals surface area contributed by atoms with Crippen LogP contribution in [0, 0.1) is 5.92 Å². The summed E-state index contributed by atoms with van der Waals surface area (Å²) < 4.78 is 38.5. The van der Waals surface area contributed by atoms with Gasteiger partial charge in [-0.3, -0.25) is 9.88 Å². The molecule has 1 aliphatic heterocycles. The van der Waals surface area contributed by atoms with E-state index in [1.165, 1.54) is 12.3 Å². The number of aromatic nitrogens is 1. The summed E-state index contributed by atoms with van der Waals surface area (Å²) in [6, 6.07) is 2.36. The van der Waals surface area contributed by atoms with Crippen molar-refractivity contribution < 1.29 is 18.3 Å². The van der Waals surface area contributed by atoms with E-state index in [0.29, 0.717) is 13.1 Å². The van der Waals surface area contributed by atoms with Gasteiger partial charge in [0.1, 0.15) is 0 Å². The molecule has 3 nitrogen and oxygen atoms in total. The molecule has 1 aliphatic rings. The number of hydrogen-bond acceptors (Lipinski definition) is 3. The molecule has 106 valence electrons. The molecule has 0 aliphatic carbocycles. The van der Waals surface area contributed by atoms with Crippen LogP contribution >= 0.6 is 0 Å². The zero-order valence-electron chi connectivity index (χ0n) is 10.7. The van der Waals surface area contributed by atoms with Gasteiger partial charge in [0.2, 0.25) is 0 Å². The van der Waals surface area contributed by atoms with Crippen molar-refractivity contribution in [2.24, 2.45) is 5.92 Å². The maximum absolute atomic E-state index is 12.8. The van der Waals surface area contributed by atoms with Gasteiger partial charge in [0.25, 0.3) is 0 Å². The maximum Gasteiger partial charge on any atom is 0.418 e. The van der Waals surface area contributed by atoms with E-state index in [1.54, 1.807) is 6.92 Å². The number of aliphatic hydroxyl groups is 1. The Morgan fingerprint density at radius 2 is 2.26 bits per heavy atom. The first-order valence-corrected chi connectivity index (χ1v) is 6.29. The molecule has 0 spiro atoms. The average molecular weight is 274 g/mol. The number of likely N-dealkylation sites (tertiary alicyclic amines) is 1. The molecule has 1 N–H and O–H groups in total. The fraction of sp³-hybridized carbons (Fsp3) is 0.615. The summed E-state index contributed by atoms with van der Waals surface area (Å²) in [4.78, 5) is 5.77. The Hall–Kier alpha value is -1.14. The minimum atomic E-state index is -4.37. The Morgan fingerprint density at radius 1 is 1.53 bits per heavy atom. The number of hydrogen-bond donors (Lipinski definition) is 1. The molecule has 0 aromatic carbocycles. The Balaban J connectivity index is 2.08. The van der Waals surface area contributed by atoms with E-state index >= 15 is 0 Å². The largest absolute Gasteiger partial charge is 0.418 e. The lowest BCUT2D eigenvalue weighted by molar-refractivity contribution is -0.138. The maximum atomic E-state index is 12.8. The molecule has 0 saturated carbocycles. The number of halogens is 3. The molecule has 0 bridgehead atoms. The van der Waals surface area contributed by atoms with Crippen molar-refractivity contribution in [3.05, 3.63) is 29.6 Å². The van der Waals surface area contributed by atoms with Gasteiger partial charge in [-0.1, -0.05) is 0 Å². The Morgan fingerprint density at radius 3 is 2.84 bits per heavy atom. The minimum absolute atomic E-state index is 0.0567. The number of alkyl halides is 3. The second-order valence-corrected chi connectivity index (χ2v) is 5.02. The third kappa shape index (κ3) is 3.45. The van der Waals surface area contributed by atoms with Gasteiger partial charge in [-0.2, -0.15) is 13.2 Å². The molecular formula is C13H17F3N2O. The van der Waals surface area contributed by atoms with Gasteiger partial charge >= 0.3 is 6.18 Å². The number of nitrogens with zero attached hydrogens (tertiary/aromatic N) is 2. The molecule has 1 aromatic heterocycles. The summed E-state index contributed by atoms with van der Waals surface area (Å²) in [5, 5.41) is 9.50. The zero-order valence-corrected chi connectivity index (χ0v) is 10.7. The van der Waals surface area contributed by atoms with Crippen LogP contribution in [0.1, 0.15) is 24.6 Å². The topological polar surface area (TPSA) is 36.4 Å². The van der Waals surface area contributed by atoms with Crippen LogP contribution in [0.2, 0.25) is 0 Å². The fourth-order valence-electron chi connectivity index (χ4n) is 2.43. The second-order valence-electron chi connectivity index (χ2n) is 5.02. The Kier molecular flexibility index (Phi) is 4.10. The van der Waals surface area contributed by atoms with Crippen molar-refractivity contribution in [2.45, 2.75) is 32.2 Å². The summed E-state index contributed by atoms with van der Waals surface area (Å²) >= 11 is 0. The van der Waals surface area contributed by atoms with E-state index in [4.69, 9.17) is 0 Å². The van der Waals surface area contributed by atoms with E-state index in [9.17, 15) is 18.3 Å². The smallest absolute Gasteiger partial charge is 0.393 e. The van der Waals surface area contributed by atoms with Crippen LogP contribution < -0.4 is 0 Å². The monoisotopic (exact) mass is 274 g/mol. The van der Waals surface area contributed by atoms with Crippen molar-refractivity contribution in [1.82, 2.24) is 9.88 Å². The van der Waals surface area contributed by atoms with Gasteiger partial charge in [-0.25, -0.2) is 0 Å². The molecule has 0 radical (unpaired) electrons. The normalized spacial score (nSPS) is 22.7. The van der Waals surface area contributed by atoms with Crippen LogP contribution in [0.4, 0.5) is 13.2 Å². The predicted octanol–water partition coefficient (Wildman–Crippen LogP) is 2.30. The number of rotatable bonds is 3. The SMILES string of the molecule is CC(O)C1CCN(Cc2ncccc2C(F)(F)F)C1. The first-order chi connectivity index (χ1) is 8.88. The van der Waals surface area contributed by atoms with Crippen molar-refractivity contribution >= 4 is 0 Å². The average Bonchev–Trinajstić information content (AvgIpc) is 2.77. The summed E-state index contributed by atoms with van der Waals surface area (Å²) in [5.41, 5.74) is -0.614. The van der Waals surface area contributed by atoms with E-state index in [2.05, 4.69) is 4.98 Å². The third-order valence-electron chi connectivity index (χ3n) is 3.56. The van der Waals surface area contributed by atoms with Crippen LogP contribution in [-0.2, 0) is 12.7 Å². The van der Waals surface area contributed by atoms with Crippen LogP contribution in [0.15, 0.2) is 18.3 Å². The van der Waals surface area contributed by atoms with Crippen LogP contribution in [0.5, 0.6) is 0 Å². The van der Waals surface area contributed by atoms with Crippen LogP contribution in [0.3, 0.4) is 0 Å². The van der Waals surface area contributed by atoms with Crippen molar-refractivity contribution in [1.29, 1.82) is 0 Å². The molecule has 2 unspecified atom stereocenters. The highest BCUT2D eigenvalue weighted by atomic mass is 19.4. The molecule has 2 rings (SSSR count). The van der Waals surface area contributed by atoms with E-state index in [-0.39, 0.29) is 18.2 Å². The highest BCUT2D eigenvalue weighted by molar-refractivity contribution is 5.23. The van der Waals surface area contributed by atoms with Gasteiger partial charge in [0.15, 0.2) is 0 Å². The third-order valence-corrected chi connectivity index (χ3v) is 3.56. The van der Waals surface area contributed by atoms with Crippen LogP contribution in [-0.4, -0.2) is 34.2 Å². The molecule has 2 atom stereocenters. The lowest BCUT2D eigenvalue weighted by atomic mass is 10.0. The summed E-state index contributed by atoms with van der Waals surface area (Å²) in [6.07, 6.45) is -2.60. The van der Waals surface area contributed by atoms with E-state index in [1.807, 2.05) is 4.90 Å². The number of pyridine rings is 1. The van der Waals surface area contributed by atoms with Gasteiger partial charge in [-0.15, -0.1) is 0 Å². The van der Waals surface area contributed by atoms with E-state index < -0.39 is 17.8 Å². The van der Waals surface area contributed by atoms with Gasteiger partial charge in [0.05, 0.1) is 17.4 Å². The minimum Gasteiger partial charge on any atom is -0.393 e. The molecule has 2 heterocycles. The lowest BCUT2D eigenvalue weighted by Crippen LogP contribution is -2.25. The molecular weight excluding hydrogens is 257 g/mol. The molecule has 1 saturated heterocycles. The lowest BCUT2D eigenvalue weighted by Gasteiger charge is -2.19. The fourth-order valence-corrected chi connectivity index (χ4v) is 2.43.